The molecule has 4 aromatic rings. The molecule has 0 radical (unpaired) electrons. The molecule has 0 unspecified atom stereocenters. The fourth-order valence-electron chi connectivity index (χ4n) is 6.33. The number of carbonyl (C=O) groups excluding carboxylic acids is 1. The summed E-state index contributed by atoms with van der Waals surface area (Å²) in [4.78, 5) is 28.8. The molecule has 3 fully saturated rings. The van der Waals surface area contributed by atoms with Gasteiger partial charge in [-0.25, -0.2) is 4.79 Å². The second kappa shape index (κ2) is 12.3. The number of hydrogen-bond acceptors (Lipinski definition) is 11. The van der Waals surface area contributed by atoms with Crippen LogP contribution in [-0.2, 0) is 11.3 Å². The first-order chi connectivity index (χ1) is 23.5. The summed E-state index contributed by atoms with van der Waals surface area (Å²) in [6.45, 7) is 7.72. The second-order valence-electron chi connectivity index (χ2n) is 13.8. The maximum absolute atomic E-state index is 13.1. The van der Waals surface area contributed by atoms with Crippen molar-refractivity contribution in [2.45, 2.75) is 70.2 Å². The first-order valence-corrected chi connectivity index (χ1v) is 16.7. The predicted octanol–water partition coefficient (Wildman–Crippen LogP) is 6.03. The van der Waals surface area contributed by atoms with E-state index in [1.807, 2.05) is 49.9 Å². The lowest BCUT2D eigenvalue weighted by Crippen LogP contribution is -2.58. The van der Waals surface area contributed by atoms with Crippen LogP contribution in [0.3, 0.4) is 0 Å². The van der Waals surface area contributed by atoms with Crippen molar-refractivity contribution >= 4 is 46.6 Å². The summed E-state index contributed by atoms with van der Waals surface area (Å²) in [5.74, 6) is 1.53. The van der Waals surface area contributed by atoms with E-state index in [2.05, 4.69) is 37.3 Å². The number of carbonyl (C=O) groups is 1. The Bertz CT molecular complexity index is 2000. The molecule has 1 spiro atoms. The van der Waals surface area contributed by atoms with Crippen LogP contribution in [0.25, 0.3) is 5.65 Å². The topological polar surface area (TPSA) is 148 Å². The van der Waals surface area contributed by atoms with Crippen molar-refractivity contribution < 1.29 is 14.3 Å². The summed E-state index contributed by atoms with van der Waals surface area (Å²) in [6.07, 6.45) is 4.90. The number of fused-ring (bicyclic) bond motifs is 1. The number of nitriles is 2. The number of piperazine rings is 1. The molecule has 0 atom stereocenters. The van der Waals surface area contributed by atoms with Crippen LogP contribution >= 0.6 is 11.6 Å². The molecule has 2 saturated carbocycles. The van der Waals surface area contributed by atoms with E-state index >= 15 is 0 Å². The number of hydrogen-bond donors (Lipinski definition) is 1. The molecule has 49 heavy (non-hydrogen) atoms. The third-order valence-corrected chi connectivity index (χ3v) is 9.49. The molecular formula is C35H37ClN10O3. The van der Waals surface area contributed by atoms with Crippen LogP contribution in [0.1, 0.15) is 63.1 Å². The Labute approximate surface area is 289 Å². The highest BCUT2D eigenvalue weighted by atomic mass is 35.5. The summed E-state index contributed by atoms with van der Waals surface area (Å²) in [5, 5.41) is 28.1. The van der Waals surface area contributed by atoms with Gasteiger partial charge in [0.25, 0.3) is 0 Å². The Morgan fingerprint density at radius 3 is 2.51 bits per heavy atom. The van der Waals surface area contributed by atoms with Gasteiger partial charge in [-0.2, -0.15) is 30.1 Å². The van der Waals surface area contributed by atoms with Crippen LogP contribution < -0.4 is 19.9 Å². The highest BCUT2D eigenvalue weighted by Gasteiger charge is 2.54. The van der Waals surface area contributed by atoms with Gasteiger partial charge in [0, 0.05) is 32.2 Å². The summed E-state index contributed by atoms with van der Waals surface area (Å²) in [5.41, 5.74) is 2.35. The molecule has 2 aromatic heterocycles. The summed E-state index contributed by atoms with van der Waals surface area (Å²) < 4.78 is 12.6. The van der Waals surface area contributed by atoms with E-state index in [1.165, 1.54) is 6.20 Å². The van der Waals surface area contributed by atoms with Gasteiger partial charge < -0.3 is 24.6 Å². The van der Waals surface area contributed by atoms with E-state index in [0.717, 1.165) is 37.0 Å². The Morgan fingerprint density at radius 2 is 1.88 bits per heavy atom. The van der Waals surface area contributed by atoms with Crippen LogP contribution in [0.5, 0.6) is 5.75 Å². The first-order valence-electron chi connectivity index (χ1n) is 16.3. The zero-order valence-electron chi connectivity index (χ0n) is 27.9. The number of methoxy groups -OCH3 is 1. The predicted molar refractivity (Wildman–Crippen MR) is 184 cm³/mol. The van der Waals surface area contributed by atoms with Crippen molar-refractivity contribution in [3.63, 3.8) is 0 Å². The van der Waals surface area contributed by atoms with Crippen LogP contribution in [0.4, 0.5) is 28.1 Å². The molecule has 3 aliphatic rings. The van der Waals surface area contributed by atoms with E-state index in [0.29, 0.717) is 65.3 Å². The minimum Gasteiger partial charge on any atom is -0.497 e. The first kappa shape index (κ1) is 32.3. The lowest BCUT2D eigenvalue weighted by molar-refractivity contribution is 0.0106. The Kier molecular flexibility index (Phi) is 8.11. The normalized spacial score (nSPS) is 16.6. The zero-order chi connectivity index (χ0) is 34.5. The minimum atomic E-state index is -0.587. The van der Waals surface area contributed by atoms with Gasteiger partial charge in [-0.05, 0) is 76.3 Å². The lowest BCUT2D eigenvalue weighted by Gasteiger charge is -2.43. The van der Waals surface area contributed by atoms with E-state index in [-0.39, 0.29) is 23.6 Å². The summed E-state index contributed by atoms with van der Waals surface area (Å²) >= 11 is 7.11. The molecule has 1 N–H and O–H groups in total. The van der Waals surface area contributed by atoms with Gasteiger partial charge >= 0.3 is 6.09 Å². The standard InChI is InChI=1S/C35H37ClN10O3/c1-34(2,3)49-33(47)45-14-13-43(21-35(45)11-12-35)28-16-23(17-37)15-27(29(28)36)40-31-41-30-24(18-38)19-39-46(30)32(42-31)44(25-7-8-25)20-22-5-9-26(48-4)10-6-22/h5-6,9-10,15-16,19,25H,7-8,11-14,20-21H2,1-4H3,(H,40,41). The summed E-state index contributed by atoms with van der Waals surface area (Å²) in [7, 11) is 1.64. The third kappa shape index (κ3) is 6.46. The van der Waals surface area contributed by atoms with Gasteiger partial charge in [-0.1, -0.05) is 23.7 Å². The number of rotatable bonds is 8. The molecule has 2 aliphatic carbocycles. The number of ether oxygens (including phenoxy) is 2. The summed E-state index contributed by atoms with van der Waals surface area (Å²) in [6, 6.07) is 16.0. The molecule has 1 aliphatic heterocycles. The van der Waals surface area contributed by atoms with Crippen LogP contribution in [0.15, 0.2) is 42.6 Å². The largest absolute Gasteiger partial charge is 0.497 e. The number of benzene rings is 2. The maximum atomic E-state index is 13.1. The molecule has 14 heteroatoms. The van der Waals surface area contributed by atoms with Gasteiger partial charge in [-0.3, -0.25) is 4.90 Å². The fourth-order valence-corrected chi connectivity index (χ4v) is 6.61. The van der Waals surface area contributed by atoms with Crippen LogP contribution in [0, 0.1) is 22.7 Å². The van der Waals surface area contributed by atoms with Gasteiger partial charge in [-0.15, -0.1) is 0 Å². The molecule has 0 bridgehead atoms. The smallest absolute Gasteiger partial charge is 0.410 e. The number of nitrogens with zero attached hydrogens (tertiary/aromatic N) is 9. The highest BCUT2D eigenvalue weighted by Crippen LogP contribution is 2.47. The fraction of sp³-hybridized carbons (Fsp3) is 0.429. The van der Waals surface area contributed by atoms with Crippen LogP contribution in [-0.4, -0.2) is 74.5 Å². The Morgan fingerprint density at radius 1 is 1.12 bits per heavy atom. The Hall–Kier alpha value is -5.27. The second-order valence-corrected chi connectivity index (χ2v) is 14.2. The van der Waals surface area contributed by atoms with Gasteiger partial charge in [0.2, 0.25) is 11.9 Å². The van der Waals surface area contributed by atoms with E-state index in [4.69, 9.17) is 26.1 Å². The molecule has 3 heterocycles. The molecule has 13 nitrogen and oxygen atoms in total. The number of aromatic nitrogens is 4. The highest BCUT2D eigenvalue weighted by molar-refractivity contribution is 6.36. The lowest BCUT2D eigenvalue weighted by atomic mass is 10.1. The SMILES string of the molecule is COc1ccc(CN(c2nc(Nc3cc(C#N)cc(N4CCN(C(=O)OC(C)(C)C)C5(CC5)C4)c3Cl)nc3c(C#N)cnn23)C2CC2)cc1. The number of nitrogens with one attached hydrogen (secondary N) is 1. The maximum Gasteiger partial charge on any atom is 0.410 e. The van der Waals surface area contributed by atoms with Crippen LogP contribution in [0.2, 0.25) is 5.02 Å². The average Bonchev–Trinajstić information content (AvgIpc) is 4.02. The molecule has 1 saturated heterocycles. The Balaban J connectivity index is 1.21. The van der Waals surface area contributed by atoms with Gasteiger partial charge in [0.05, 0.1) is 46.9 Å². The molecule has 7 rings (SSSR count). The quantitative estimate of drug-likeness (QED) is 0.232. The van der Waals surface area contributed by atoms with E-state index in [1.54, 1.807) is 23.8 Å². The van der Waals surface area contributed by atoms with Crippen molar-refractivity contribution in [2.75, 3.05) is 41.9 Å². The number of halogens is 1. The van der Waals surface area contributed by atoms with E-state index < -0.39 is 5.60 Å². The monoisotopic (exact) mass is 680 g/mol. The van der Waals surface area contributed by atoms with E-state index in [9.17, 15) is 15.3 Å². The zero-order valence-corrected chi connectivity index (χ0v) is 28.7. The number of amides is 1. The van der Waals surface area contributed by atoms with Crippen molar-refractivity contribution in [2.24, 2.45) is 0 Å². The molecular weight excluding hydrogens is 644 g/mol. The molecule has 2 aromatic carbocycles. The molecule has 252 valence electrons. The van der Waals surface area contributed by atoms with Crippen molar-refractivity contribution in [3.05, 3.63) is 64.3 Å². The molecule has 1 amide bonds. The number of anilines is 4. The van der Waals surface area contributed by atoms with Crippen molar-refractivity contribution in [1.82, 2.24) is 24.5 Å². The van der Waals surface area contributed by atoms with Crippen molar-refractivity contribution in [3.8, 4) is 17.9 Å². The minimum absolute atomic E-state index is 0.219. The third-order valence-electron chi connectivity index (χ3n) is 9.09. The van der Waals surface area contributed by atoms with Gasteiger partial charge in [0.15, 0.2) is 5.65 Å². The van der Waals surface area contributed by atoms with Crippen molar-refractivity contribution in [1.29, 1.82) is 10.5 Å². The van der Waals surface area contributed by atoms with Gasteiger partial charge in [0.1, 0.15) is 23.0 Å². The average molecular weight is 681 g/mol.